The number of hydrogen-bond acceptors (Lipinski definition) is 4. The van der Waals surface area contributed by atoms with Gasteiger partial charge >= 0.3 is 5.97 Å². The smallest absolute Gasteiger partial charge is 0.322 e. The number of nitriles is 1. The number of rotatable bonds is 3. The molecule has 0 spiro atoms. The second kappa shape index (κ2) is 5.27. The third kappa shape index (κ3) is 2.93. The van der Waals surface area contributed by atoms with E-state index in [4.69, 9.17) is 10.4 Å². The summed E-state index contributed by atoms with van der Waals surface area (Å²) >= 11 is 0. The molecule has 1 rings (SSSR count). The minimum atomic E-state index is -3.76. The van der Waals surface area contributed by atoms with E-state index in [1.165, 1.54) is 0 Å². The van der Waals surface area contributed by atoms with Gasteiger partial charge in [-0.1, -0.05) is 12.8 Å². The van der Waals surface area contributed by atoms with Crippen molar-refractivity contribution in [3.8, 4) is 6.07 Å². The molecule has 0 aromatic heterocycles. The first-order chi connectivity index (χ1) is 7.49. The summed E-state index contributed by atoms with van der Waals surface area (Å²) in [5.41, 5.74) is 0. The molecule has 0 saturated carbocycles. The largest absolute Gasteiger partial charge is 0.480 e. The minimum absolute atomic E-state index is 0.195. The number of carboxylic acids is 1. The standard InChI is InChI=1S/C9H14N2O4S/c10-5-7-16(14,15)11-6-3-1-2-4-8(11)9(12)13/h8H,1-4,6-7H2,(H,12,13). The molecule has 0 radical (unpaired) electrons. The molecular weight excluding hydrogens is 232 g/mol. The molecule has 1 unspecified atom stereocenters. The van der Waals surface area contributed by atoms with Crippen molar-refractivity contribution in [3.05, 3.63) is 0 Å². The third-order valence-electron chi connectivity index (χ3n) is 2.59. The Morgan fingerprint density at radius 1 is 1.44 bits per heavy atom. The number of hydrogen-bond donors (Lipinski definition) is 1. The zero-order valence-corrected chi connectivity index (χ0v) is 9.61. The van der Waals surface area contributed by atoms with E-state index in [1.807, 2.05) is 0 Å². The number of sulfonamides is 1. The Labute approximate surface area is 94.5 Å². The van der Waals surface area contributed by atoms with Gasteiger partial charge in [0.15, 0.2) is 5.75 Å². The lowest BCUT2D eigenvalue weighted by molar-refractivity contribution is -0.141. The van der Waals surface area contributed by atoms with Gasteiger partial charge in [-0.3, -0.25) is 4.79 Å². The first kappa shape index (κ1) is 12.9. The highest BCUT2D eigenvalue weighted by Gasteiger charge is 2.35. The summed E-state index contributed by atoms with van der Waals surface area (Å²) in [5.74, 6) is -1.79. The first-order valence-electron chi connectivity index (χ1n) is 5.08. The predicted molar refractivity (Wildman–Crippen MR) is 56.0 cm³/mol. The number of nitrogens with zero attached hydrogens (tertiary/aromatic N) is 2. The Morgan fingerprint density at radius 3 is 2.69 bits per heavy atom. The highest BCUT2D eigenvalue weighted by molar-refractivity contribution is 7.89. The van der Waals surface area contributed by atoms with E-state index in [0.717, 1.165) is 10.7 Å². The van der Waals surface area contributed by atoms with Crippen LogP contribution >= 0.6 is 0 Å². The van der Waals surface area contributed by atoms with Gasteiger partial charge in [0.05, 0.1) is 6.07 Å². The molecule has 7 heteroatoms. The van der Waals surface area contributed by atoms with Gasteiger partial charge in [-0.2, -0.15) is 9.57 Å². The van der Waals surface area contributed by atoms with Crippen molar-refractivity contribution in [2.24, 2.45) is 0 Å². The van der Waals surface area contributed by atoms with Crippen molar-refractivity contribution in [2.45, 2.75) is 31.7 Å². The van der Waals surface area contributed by atoms with Crippen LogP contribution in [0.4, 0.5) is 0 Å². The van der Waals surface area contributed by atoms with Crippen LogP contribution in [0.3, 0.4) is 0 Å². The van der Waals surface area contributed by atoms with Gasteiger partial charge in [-0.15, -0.1) is 0 Å². The molecular formula is C9H14N2O4S. The van der Waals surface area contributed by atoms with E-state index in [9.17, 15) is 13.2 Å². The summed E-state index contributed by atoms with van der Waals surface area (Å²) in [7, 11) is -3.76. The number of aliphatic carboxylic acids is 1. The van der Waals surface area contributed by atoms with E-state index in [-0.39, 0.29) is 6.54 Å². The highest BCUT2D eigenvalue weighted by Crippen LogP contribution is 2.20. The molecule has 90 valence electrons. The molecule has 1 heterocycles. The van der Waals surface area contributed by atoms with Crippen LogP contribution in [0.15, 0.2) is 0 Å². The topological polar surface area (TPSA) is 98.5 Å². The Balaban J connectivity index is 2.96. The SMILES string of the molecule is N#CCS(=O)(=O)N1CCCCCC1C(=O)O. The average Bonchev–Trinajstić information content (AvgIpc) is 2.42. The minimum Gasteiger partial charge on any atom is -0.480 e. The Kier molecular flexibility index (Phi) is 4.26. The summed E-state index contributed by atoms with van der Waals surface area (Å²) in [6.07, 6.45) is 2.49. The molecule has 0 aromatic carbocycles. The maximum absolute atomic E-state index is 11.7. The van der Waals surface area contributed by atoms with Crippen LogP contribution < -0.4 is 0 Å². The van der Waals surface area contributed by atoms with E-state index in [1.54, 1.807) is 6.07 Å². The summed E-state index contributed by atoms with van der Waals surface area (Å²) in [4.78, 5) is 11.0. The third-order valence-corrected chi connectivity index (χ3v) is 4.24. The molecule has 1 saturated heterocycles. The second-order valence-electron chi connectivity index (χ2n) is 3.73. The van der Waals surface area contributed by atoms with Crippen molar-refractivity contribution in [3.63, 3.8) is 0 Å². The Morgan fingerprint density at radius 2 is 2.12 bits per heavy atom. The Hall–Kier alpha value is -1.13. The maximum Gasteiger partial charge on any atom is 0.322 e. The van der Waals surface area contributed by atoms with Gasteiger partial charge in [0.25, 0.3) is 0 Å². The zero-order valence-electron chi connectivity index (χ0n) is 8.79. The quantitative estimate of drug-likeness (QED) is 0.765. The van der Waals surface area contributed by atoms with Gasteiger partial charge in [0.2, 0.25) is 10.0 Å². The van der Waals surface area contributed by atoms with Crippen molar-refractivity contribution in [1.82, 2.24) is 4.31 Å². The van der Waals surface area contributed by atoms with Crippen LogP contribution in [0.25, 0.3) is 0 Å². The van der Waals surface area contributed by atoms with Crippen LogP contribution in [-0.2, 0) is 14.8 Å². The fourth-order valence-electron chi connectivity index (χ4n) is 1.83. The molecule has 1 fully saturated rings. The van der Waals surface area contributed by atoms with E-state index in [2.05, 4.69) is 0 Å². The van der Waals surface area contributed by atoms with Crippen molar-refractivity contribution in [2.75, 3.05) is 12.3 Å². The second-order valence-corrected chi connectivity index (χ2v) is 5.65. The lowest BCUT2D eigenvalue weighted by Gasteiger charge is -2.24. The molecule has 0 aliphatic carbocycles. The normalized spacial score (nSPS) is 23.3. The summed E-state index contributed by atoms with van der Waals surface area (Å²) < 4.78 is 24.4. The van der Waals surface area contributed by atoms with Gasteiger partial charge < -0.3 is 5.11 Å². The van der Waals surface area contributed by atoms with Crippen LogP contribution in [0.5, 0.6) is 0 Å². The van der Waals surface area contributed by atoms with E-state index >= 15 is 0 Å². The van der Waals surface area contributed by atoms with Crippen LogP contribution in [-0.4, -0.2) is 42.1 Å². The first-order valence-corrected chi connectivity index (χ1v) is 6.69. The van der Waals surface area contributed by atoms with E-state index < -0.39 is 27.8 Å². The monoisotopic (exact) mass is 246 g/mol. The molecule has 6 nitrogen and oxygen atoms in total. The van der Waals surface area contributed by atoms with Crippen molar-refractivity contribution < 1.29 is 18.3 Å². The summed E-state index contributed by atoms with van der Waals surface area (Å²) in [6.45, 7) is 0.195. The molecule has 1 N–H and O–H groups in total. The molecule has 1 aliphatic heterocycles. The van der Waals surface area contributed by atoms with Gasteiger partial charge in [0.1, 0.15) is 6.04 Å². The molecule has 0 amide bonds. The fraction of sp³-hybridized carbons (Fsp3) is 0.778. The molecule has 1 aliphatic rings. The summed E-state index contributed by atoms with van der Waals surface area (Å²) in [5, 5.41) is 17.4. The van der Waals surface area contributed by atoms with Gasteiger partial charge in [0, 0.05) is 6.54 Å². The van der Waals surface area contributed by atoms with Gasteiger partial charge in [-0.05, 0) is 12.8 Å². The lowest BCUT2D eigenvalue weighted by atomic mass is 10.1. The number of carbonyl (C=O) groups is 1. The Bertz CT molecular complexity index is 398. The molecule has 16 heavy (non-hydrogen) atoms. The van der Waals surface area contributed by atoms with Gasteiger partial charge in [-0.25, -0.2) is 8.42 Å². The van der Waals surface area contributed by atoms with Crippen molar-refractivity contribution >= 4 is 16.0 Å². The predicted octanol–water partition coefficient (Wildman–Crippen LogP) is 0.169. The fourth-order valence-corrected chi connectivity index (χ4v) is 3.15. The summed E-state index contributed by atoms with van der Waals surface area (Å²) in [6, 6.07) is 0.549. The average molecular weight is 246 g/mol. The van der Waals surface area contributed by atoms with Crippen molar-refractivity contribution in [1.29, 1.82) is 5.26 Å². The lowest BCUT2D eigenvalue weighted by Crippen LogP contribution is -2.45. The molecule has 1 atom stereocenters. The highest BCUT2D eigenvalue weighted by atomic mass is 32.2. The number of carboxylic acid groups (broad SMARTS) is 1. The maximum atomic E-state index is 11.7. The van der Waals surface area contributed by atoms with Crippen LogP contribution in [0.1, 0.15) is 25.7 Å². The zero-order chi connectivity index (χ0) is 12.2. The van der Waals surface area contributed by atoms with E-state index in [0.29, 0.717) is 19.3 Å². The van der Waals surface area contributed by atoms with Crippen LogP contribution in [0.2, 0.25) is 0 Å². The molecule has 0 aromatic rings. The van der Waals surface area contributed by atoms with Crippen LogP contribution in [0, 0.1) is 11.3 Å². The molecule has 0 bridgehead atoms.